The van der Waals surface area contributed by atoms with E-state index in [2.05, 4.69) is 5.32 Å². The molecule has 0 aromatic carbocycles. The summed E-state index contributed by atoms with van der Waals surface area (Å²) in [6, 6.07) is 3.14. The fourth-order valence-corrected chi connectivity index (χ4v) is 5.69. The summed E-state index contributed by atoms with van der Waals surface area (Å²) >= 11 is 0. The quantitative estimate of drug-likeness (QED) is 0.890. The predicted molar refractivity (Wildman–Crippen MR) is 77.8 cm³/mol. The van der Waals surface area contributed by atoms with Crippen molar-refractivity contribution in [2.45, 2.75) is 55.7 Å². The van der Waals surface area contributed by atoms with Crippen LogP contribution in [0.15, 0.2) is 21.6 Å². The Hall–Kier alpha value is -0.850. The van der Waals surface area contributed by atoms with E-state index in [1.54, 1.807) is 6.07 Å². The van der Waals surface area contributed by atoms with Gasteiger partial charge in [-0.05, 0) is 68.4 Å². The Bertz CT molecular complexity index is 614. The highest BCUT2D eigenvalue weighted by atomic mass is 32.2. The van der Waals surface area contributed by atoms with Crippen molar-refractivity contribution < 1.29 is 12.8 Å². The highest BCUT2D eigenvalue weighted by Gasteiger charge is 2.50. The second kappa shape index (κ2) is 4.57. The van der Waals surface area contributed by atoms with Crippen molar-refractivity contribution in [2.75, 3.05) is 0 Å². The Morgan fingerprint density at radius 2 is 1.71 bits per heavy atom. The van der Waals surface area contributed by atoms with E-state index < -0.39 is 10.0 Å². The number of hydrogen-bond acceptors (Lipinski definition) is 4. The highest BCUT2D eigenvalue weighted by Crippen LogP contribution is 2.55. The first kappa shape index (κ1) is 13.8. The summed E-state index contributed by atoms with van der Waals surface area (Å²) in [5.41, 5.74) is 0.253. The van der Waals surface area contributed by atoms with E-state index in [-0.39, 0.29) is 10.6 Å². The van der Waals surface area contributed by atoms with Gasteiger partial charge in [-0.25, -0.2) is 13.6 Å². The van der Waals surface area contributed by atoms with Crippen LogP contribution in [0.2, 0.25) is 0 Å². The molecule has 1 aromatic rings. The zero-order valence-corrected chi connectivity index (χ0v) is 12.9. The molecular formula is C15H22N2O3S. The van der Waals surface area contributed by atoms with E-state index in [0.717, 1.165) is 17.8 Å². The van der Waals surface area contributed by atoms with Crippen LogP contribution in [-0.4, -0.2) is 14.0 Å². The molecule has 4 fully saturated rings. The first-order chi connectivity index (χ1) is 9.92. The fourth-order valence-electron chi connectivity index (χ4n) is 5.21. The van der Waals surface area contributed by atoms with Crippen LogP contribution in [0.3, 0.4) is 0 Å². The van der Waals surface area contributed by atoms with Gasteiger partial charge in [0.15, 0.2) is 0 Å². The van der Waals surface area contributed by atoms with Crippen LogP contribution in [0, 0.1) is 17.8 Å². The van der Waals surface area contributed by atoms with Crippen LogP contribution in [0.5, 0.6) is 0 Å². The van der Waals surface area contributed by atoms with Gasteiger partial charge in [0.05, 0.1) is 6.54 Å². The molecule has 4 aliphatic rings. The van der Waals surface area contributed by atoms with Gasteiger partial charge in [0.2, 0.25) is 5.09 Å². The van der Waals surface area contributed by atoms with E-state index in [1.165, 1.54) is 44.6 Å². The van der Waals surface area contributed by atoms with Gasteiger partial charge in [-0.15, -0.1) is 0 Å². The van der Waals surface area contributed by atoms with Crippen LogP contribution in [0.25, 0.3) is 0 Å². The molecule has 0 amide bonds. The Morgan fingerprint density at radius 3 is 2.19 bits per heavy atom. The fraction of sp³-hybridized carbons (Fsp3) is 0.733. The van der Waals surface area contributed by atoms with Gasteiger partial charge in [-0.1, -0.05) is 0 Å². The zero-order chi connectivity index (χ0) is 14.7. The molecule has 0 spiro atoms. The van der Waals surface area contributed by atoms with E-state index in [4.69, 9.17) is 9.56 Å². The minimum absolute atomic E-state index is 0.148. The summed E-state index contributed by atoms with van der Waals surface area (Å²) in [6.07, 6.45) is 8.04. The lowest BCUT2D eigenvalue weighted by Crippen LogP contribution is -2.58. The molecule has 4 bridgehead atoms. The number of sulfonamides is 1. The molecule has 0 aliphatic heterocycles. The molecule has 5 nitrogen and oxygen atoms in total. The van der Waals surface area contributed by atoms with Crippen LogP contribution in [-0.2, 0) is 16.6 Å². The molecule has 6 heteroatoms. The second-order valence-corrected chi connectivity index (χ2v) is 8.81. The number of nitrogens with one attached hydrogen (secondary N) is 1. The number of furan rings is 1. The highest BCUT2D eigenvalue weighted by molar-refractivity contribution is 7.89. The molecule has 3 N–H and O–H groups in total. The average molecular weight is 310 g/mol. The van der Waals surface area contributed by atoms with Crippen molar-refractivity contribution in [3.63, 3.8) is 0 Å². The maximum atomic E-state index is 11.2. The maximum absolute atomic E-state index is 11.2. The molecule has 0 atom stereocenters. The zero-order valence-electron chi connectivity index (χ0n) is 12.0. The van der Waals surface area contributed by atoms with E-state index >= 15 is 0 Å². The van der Waals surface area contributed by atoms with Gasteiger partial charge in [-0.3, -0.25) is 0 Å². The molecule has 4 saturated carbocycles. The summed E-state index contributed by atoms with van der Waals surface area (Å²) in [6.45, 7) is 0.585. The van der Waals surface area contributed by atoms with Crippen molar-refractivity contribution in [2.24, 2.45) is 22.9 Å². The van der Waals surface area contributed by atoms with Gasteiger partial charge in [0.25, 0.3) is 10.0 Å². The third-order valence-corrected chi connectivity index (χ3v) is 6.37. The first-order valence-corrected chi connectivity index (χ1v) is 9.33. The Kier molecular flexibility index (Phi) is 3.00. The standard InChI is InChI=1S/C15H22N2O3S/c16-21(18,19)14-2-1-13(20-14)9-17-15-6-10-3-11(7-15)5-12(4-10)8-15/h1-2,10-12,17H,3-9H2,(H2,16,18,19). The molecule has 1 heterocycles. The van der Waals surface area contributed by atoms with Crippen molar-refractivity contribution in [3.05, 3.63) is 17.9 Å². The minimum Gasteiger partial charge on any atom is -0.447 e. The molecule has 5 rings (SSSR count). The molecule has 4 aliphatic carbocycles. The maximum Gasteiger partial charge on any atom is 0.271 e. The third-order valence-electron chi connectivity index (χ3n) is 5.59. The van der Waals surface area contributed by atoms with Crippen molar-refractivity contribution in [1.82, 2.24) is 5.32 Å². The second-order valence-electron chi connectivity index (χ2n) is 7.32. The molecule has 21 heavy (non-hydrogen) atoms. The summed E-state index contributed by atoms with van der Waals surface area (Å²) in [7, 11) is -3.74. The smallest absolute Gasteiger partial charge is 0.271 e. The molecular weight excluding hydrogens is 288 g/mol. The Labute approximate surface area is 125 Å². The van der Waals surface area contributed by atoms with Gasteiger partial charge in [-0.2, -0.15) is 0 Å². The Morgan fingerprint density at radius 1 is 1.14 bits per heavy atom. The third kappa shape index (κ3) is 2.53. The predicted octanol–water partition coefficient (Wildman–Crippen LogP) is 1.99. The lowest BCUT2D eigenvalue weighted by Gasteiger charge is -2.57. The van der Waals surface area contributed by atoms with Crippen LogP contribution < -0.4 is 10.5 Å². The summed E-state index contributed by atoms with van der Waals surface area (Å²) < 4.78 is 27.8. The summed E-state index contributed by atoms with van der Waals surface area (Å²) in [4.78, 5) is 0. The number of hydrogen-bond donors (Lipinski definition) is 2. The van der Waals surface area contributed by atoms with E-state index in [1.807, 2.05) is 0 Å². The molecule has 0 saturated heterocycles. The van der Waals surface area contributed by atoms with Gasteiger partial charge < -0.3 is 9.73 Å². The Balaban J connectivity index is 1.46. The van der Waals surface area contributed by atoms with Crippen molar-refractivity contribution in [3.8, 4) is 0 Å². The lowest BCUT2D eigenvalue weighted by molar-refractivity contribution is -0.0214. The van der Waals surface area contributed by atoms with Crippen molar-refractivity contribution in [1.29, 1.82) is 0 Å². The van der Waals surface area contributed by atoms with E-state index in [9.17, 15) is 8.42 Å². The topological polar surface area (TPSA) is 85.3 Å². The number of nitrogens with two attached hydrogens (primary N) is 1. The number of rotatable bonds is 4. The lowest BCUT2D eigenvalue weighted by atomic mass is 9.53. The summed E-state index contributed by atoms with van der Waals surface area (Å²) in [5, 5.41) is 8.60. The van der Waals surface area contributed by atoms with Crippen molar-refractivity contribution >= 4 is 10.0 Å². The largest absolute Gasteiger partial charge is 0.447 e. The monoisotopic (exact) mass is 310 g/mol. The van der Waals surface area contributed by atoms with Gasteiger partial charge in [0, 0.05) is 5.54 Å². The molecule has 1 aromatic heterocycles. The van der Waals surface area contributed by atoms with Crippen LogP contribution >= 0.6 is 0 Å². The minimum atomic E-state index is -3.74. The number of primary sulfonamides is 1. The van der Waals surface area contributed by atoms with Gasteiger partial charge in [0.1, 0.15) is 5.76 Å². The SMILES string of the molecule is NS(=O)(=O)c1ccc(CNC23CC4CC(CC(C4)C2)C3)o1. The van der Waals surface area contributed by atoms with Crippen LogP contribution in [0.4, 0.5) is 0 Å². The average Bonchev–Trinajstić information content (AvgIpc) is 2.83. The van der Waals surface area contributed by atoms with Gasteiger partial charge >= 0.3 is 0 Å². The normalized spacial score (nSPS) is 38.0. The first-order valence-electron chi connectivity index (χ1n) is 7.78. The molecule has 0 unspecified atom stereocenters. The van der Waals surface area contributed by atoms with Crippen LogP contribution in [0.1, 0.15) is 44.3 Å². The summed E-state index contributed by atoms with van der Waals surface area (Å²) in [5.74, 6) is 3.32. The van der Waals surface area contributed by atoms with E-state index in [0.29, 0.717) is 12.3 Å². The molecule has 0 radical (unpaired) electrons. The molecule has 116 valence electrons.